The Morgan fingerprint density at radius 2 is 1.72 bits per heavy atom. The van der Waals surface area contributed by atoms with Crippen LogP contribution in [-0.4, -0.2) is 44.7 Å². The summed E-state index contributed by atoms with van der Waals surface area (Å²) in [6.45, 7) is 8.36. The molecule has 1 fully saturated rings. The van der Waals surface area contributed by atoms with Crippen molar-refractivity contribution >= 4 is 22.9 Å². The second kappa shape index (κ2) is 12.7. The number of carbonyl (C=O) groups excluding carboxylic acids is 1. The number of nitrogens with one attached hydrogen (secondary N) is 3. The van der Waals surface area contributed by atoms with Crippen LogP contribution in [0.15, 0.2) is 66.0 Å². The topological polar surface area (TPSA) is 80.2 Å². The van der Waals surface area contributed by atoms with Crippen molar-refractivity contribution < 1.29 is 4.79 Å². The summed E-state index contributed by atoms with van der Waals surface area (Å²) < 4.78 is 0. The molecule has 1 aromatic heterocycles. The molecule has 1 aliphatic rings. The van der Waals surface area contributed by atoms with E-state index >= 15 is 0 Å². The summed E-state index contributed by atoms with van der Waals surface area (Å²) in [4.78, 5) is 16.4. The second-order valence-corrected chi connectivity index (χ2v) is 10.6. The number of benzene rings is 2. The zero-order valence-corrected chi connectivity index (χ0v) is 21.9. The van der Waals surface area contributed by atoms with Gasteiger partial charge in [0, 0.05) is 36.7 Å². The van der Waals surface area contributed by atoms with Crippen LogP contribution in [0.4, 0.5) is 5.69 Å². The van der Waals surface area contributed by atoms with Crippen molar-refractivity contribution in [2.45, 2.75) is 32.4 Å². The van der Waals surface area contributed by atoms with Gasteiger partial charge in [0.2, 0.25) is 5.91 Å². The number of hydrogen-bond donors (Lipinski definition) is 3. The second-order valence-electron chi connectivity index (χ2n) is 9.58. The smallest absolute Gasteiger partial charge is 0.237 e. The van der Waals surface area contributed by atoms with Crippen LogP contribution in [0.25, 0.3) is 11.1 Å². The Balaban J connectivity index is 1.53. The van der Waals surface area contributed by atoms with E-state index in [4.69, 9.17) is 5.26 Å². The van der Waals surface area contributed by atoms with Crippen LogP contribution in [-0.2, 0) is 4.79 Å². The molecule has 1 amide bonds. The van der Waals surface area contributed by atoms with Crippen LogP contribution in [0.5, 0.6) is 0 Å². The predicted octanol–water partition coefficient (Wildman–Crippen LogP) is 4.56. The molecule has 3 N–H and O–H groups in total. The number of carbonyl (C=O) groups is 1. The van der Waals surface area contributed by atoms with Gasteiger partial charge in [-0.15, -0.1) is 11.3 Å². The average Bonchev–Trinajstić information content (AvgIpc) is 3.45. The first-order valence-corrected chi connectivity index (χ1v) is 13.5. The number of nitriles is 1. The minimum absolute atomic E-state index is 0.0148. The Bertz CT molecular complexity index is 1130. The normalized spacial score (nSPS) is 15.3. The van der Waals surface area contributed by atoms with Gasteiger partial charge in [-0.25, -0.2) is 0 Å². The molecule has 0 bridgehead atoms. The summed E-state index contributed by atoms with van der Waals surface area (Å²) in [6.07, 6.45) is 0.691. The molecule has 2 heterocycles. The fourth-order valence-corrected chi connectivity index (χ4v) is 5.44. The third-order valence-electron chi connectivity index (χ3n) is 6.49. The van der Waals surface area contributed by atoms with Gasteiger partial charge in [0.25, 0.3) is 0 Å². The van der Waals surface area contributed by atoms with E-state index in [1.165, 1.54) is 16.8 Å². The van der Waals surface area contributed by atoms with Crippen LogP contribution < -0.4 is 20.9 Å². The predicted molar refractivity (Wildman–Crippen MR) is 148 cm³/mol. The van der Waals surface area contributed by atoms with Gasteiger partial charge in [-0.1, -0.05) is 56.3 Å². The number of hydrogen-bond acceptors (Lipinski definition) is 6. The quantitative estimate of drug-likeness (QED) is 0.355. The molecule has 6 nitrogen and oxygen atoms in total. The monoisotopic (exact) mass is 501 g/mol. The molecule has 0 spiro atoms. The lowest BCUT2D eigenvalue weighted by Gasteiger charge is -2.29. The third kappa shape index (κ3) is 6.73. The fourth-order valence-electron chi connectivity index (χ4n) is 4.63. The van der Waals surface area contributed by atoms with Crippen molar-refractivity contribution in [2.75, 3.05) is 37.6 Å². The van der Waals surface area contributed by atoms with Gasteiger partial charge < -0.3 is 15.5 Å². The molecule has 1 saturated heterocycles. The van der Waals surface area contributed by atoms with E-state index in [-0.39, 0.29) is 24.5 Å². The molecule has 7 heteroatoms. The Morgan fingerprint density at radius 3 is 2.31 bits per heavy atom. The van der Waals surface area contributed by atoms with Gasteiger partial charge in [-0.05, 0) is 52.6 Å². The number of anilines is 1. The van der Waals surface area contributed by atoms with Crippen molar-refractivity contribution in [1.29, 1.82) is 5.26 Å². The molecular weight excluding hydrogens is 466 g/mol. The SMILES string of the molecule is CC(C)CC(N[C@@H](c1ccc(-c2ccc(N3CCNCC3)cc2)cc1)c1cccs1)C(=O)NCC#N. The number of thiophene rings is 1. The average molecular weight is 502 g/mol. The van der Waals surface area contributed by atoms with E-state index in [1.54, 1.807) is 11.3 Å². The lowest BCUT2D eigenvalue weighted by atomic mass is 9.97. The van der Waals surface area contributed by atoms with Crippen molar-refractivity contribution in [1.82, 2.24) is 16.0 Å². The van der Waals surface area contributed by atoms with Crippen LogP contribution in [0.1, 0.15) is 36.8 Å². The number of nitrogens with zero attached hydrogens (tertiary/aromatic N) is 2. The van der Waals surface area contributed by atoms with Gasteiger partial charge in [-0.3, -0.25) is 10.1 Å². The van der Waals surface area contributed by atoms with Crippen LogP contribution in [0.3, 0.4) is 0 Å². The minimum atomic E-state index is -0.386. The molecular formula is C29H35N5OS. The first-order chi connectivity index (χ1) is 17.5. The van der Waals surface area contributed by atoms with E-state index in [1.807, 2.05) is 12.1 Å². The summed E-state index contributed by atoms with van der Waals surface area (Å²) in [5.41, 5.74) is 4.74. The zero-order chi connectivity index (χ0) is 25.3. The molecule has 0 saturated carbocycles. The van der Waals surface area contributed by atoms with Gasteiger partial charge in [-0.2, -0.15) is 5.26 Å². The lowest BCUT2D eigenvalue weighted by Crippen LogP contribution is -2.46. The molecule has 1 aliphatic heterocycles. The number of rotatable bonds is 10. The summed E-state index contributed by atoms with van der Waals surface area (Å²) in [7, 11) is 0. The molecule has 0 aliphatic carbocycles. The van der Waals surface area contributed by atoms with E-state index < -0.39 is 0 Å². The Morgan fingerprint density at radius 1 is 1.06 bits per heavy atom. The highest BCUT2D eigenvalue weighted by molar-refractivity contribution is 7.10. The van der Waals surface area contributed by atoms with E-state index in [2.05, 4.69) is 94.7 Å². The maximum absolute atomic E-state index is 12.8. The minimum Gasteiger partial charge on any atom is -0.369 e. The first-order valence-electron chi connectivity index (χ1n) is 12.7. The summed E-state index contributed by atoms with van der Waals surface area (Å²) in [5.74, 6) is 0.207. The maximum Gasteiger partial charge on any atom is 0.237 e. The highest BCUT2D eigenvalue weighted by Crippen LogP contribution is 2.30. The fraction of sp³-hybridized carbons (Fsp3) is 0.379. The molecule has 2 atom stereocenters. The van der Waals surface area contributed by atoms with E-state index in [0.29, 0.717) is 12.3 Å². The molecule has 1 unspecified atom stereocenters. The third-order valence-corrected chi connectivity index (χ3v) is 7.42. The Kier molecular flexibility index (Phi) is 9.12. The van der Waals surface area contributed by atoms with Crippen molar-refractivity contribution in [2.24, 2.45) is 5.92 Å². The first kappa shape index (κ1) is 25.9. The Labute approximate surface area is 218 Å². The van der Waals surface area contributed by atoms with E-state index in [0.717, 1.165) is 36.6 Å². The van der Waals surface area contributed by atoms with Crippen molar-refractivity contribution in [3.63, 3.8) is 0 Å². The molecule has 4 rings (SSSR count). The standard InChI is InChI=1S/C29H35N5OS/c1-21(2)20-26(29(35)32-14-13-30)33-28(27-4-3-19-36-27)24-7-5-22(6-8-24)23-9-11-25(12-10-23)34-17-15-31-16-18-34/h3-12,19,21,26,28,31,33H,14-18,20H2,1-2H3,(H,32,35)/t26?,28-/m0/s1. The van der Waals surface area contributed by atoms with Crippen LogP contribution in [0, 0.1) is 17.2 Å². The lowest BCUT2D eigenvalue weighted by molar-refractivity contribution is -0.123. The van der Waals surface area contributed by atoms with Gasteiger partial charge in [0.15, 0.2) is 0 Å². The number of piperazine rings is 1. The summed E-state index contributed by atoms with van der Waals surface area (Å²) >= 11 is 1.68. The van der Waals surface area contributed by atoms with Gasteiger partial charge in [0.1, 0.15) is 6.54 Å². The zero-order valence-electron chi connectivity index (χ0n) is 21.0. The molecule has 188 valence electrons. The van der Waals surface area contributed by atoms with Crippen LogP contribution in [0.2, 0.25) is 0 Å². The molecule has 2 aromatic carbocycles. The molecule has 0 radical (unpaired) electrons. The molecule has 36 heavy (non-hydrogen) atoms. The van der Waals surface area contributed by atoms with E-state index in [9.17, 15) is 4.79 Å². The van der Waals surface area contributed by atoms with Crippen molar-refractivity contribution in [3.8, 4) is 17.2 Å². The number of amides is 1. The maximum atomic E-state index is 12.8. The van der Waals surface area contributed by atoms with Crippen molar-refractivity contribution in [3.05, 3.63) is 76.5 Å². The Hall–Kier alpha value is -3.18. The largest absolute Gasteiger partial charge is 0.369 e. The van der Waals surface area contributed by atoms with Crippen LogP contribution >= 0.6 is 11.3 Å². The summed E-state index contributed by atoms with van der Waals surface area (Å²) in [5, 5.41) is 20.7. The summed E-state index contributed by atoms with van der Waals surface area (Å²) in [6, 6.07) is 23.1. The highest BCUT2D eigenvalue weighted by Gasteiger charge is 2.25. The van der Waals surface area contributed by atoms with Gasteiger partial charge >= 0.3 is 0 Å². The highest BCUT2D eigenvalue weighted by atomic mass is 32.1. The van der Waals surface area contributed by atoms with Gasteiger partial charge in [0.05, 0.1) is 18.2 Å². The molecule has 3 aromatic rings.